The highest BCUT2D eigenvalue weighted by molar-refractivity contribution is 9.09. The molecule has 3 amide bonds. The number of hydrogen-bond donors (Lipinski definition) is 1. The average molecular weight is 413 g/mol. The van der Waals surface area contributed by atoms with Gasteiger partial charge in [-0.1, -0.05) is 15.9 Å². The van der Waals surface area contributed by atoms with E-state index in [-0.39, 0.29) is 30.1 Å². The summed E-state index contributed by atoms with van der Waals surface area (Å²) in [4.78, 5) is 37.5. The first-order valence-corrected chi connectivity index (χ1v) is 8.97. The highest BCUT2D eigenvalue weighted by Crippen LogP contribution is 2.49. The number of carbonyl (C=O) groups excluding carboxylic acids is 3. The lowest BCUT2D eigenvalue weighted by atomic mass is 9.94. The van der Waals surface area contributed by atoms with Gasteiger partial charge in [-0.2, -0.15) is 0 Å². The van der Waals surface area contributed by atoms with E-state index in [1.54, 1.807) is 0 Å². The Labute approximate surface area is 150 Å². The number of carbonyl (C=O) groups is 3. The smallest absolute Gasteiger partial charge is 0.257 e. The molecule has 0 spiro atoms. The molecular weight excluding hydrogens is 399 g/mol. The van der Waals surface area contributed by atoms with E-state index in [4.69, 9.17) is 9.47 Å². The largest absolute Gasteiger partial charge is 0.490 e. The number of nitrogens with zero attached hydrogens (tertiary/aromatic N) is 1. The number of halogens is 2. The van der Waals surface area contributed by atoms with Crippen molar-refractivity contribution in [2.75, 3.05) is 11.9 Å². The summed E-state index contributed by atoms with van der Waals surface area (Å²) >= 11 is 3.20. The molecule has 3 unspecified atom stereocenters. The van der Waals surface area contributed by atoms with Gasteiger partial charge in [0, 0.05) is 22.9 Å². The molecule has 1 aromatic carbocycles. The molecule has 0 saturated carbocycles. The lowest BCUT2D eigenvalue weighted by Crippen LogP contribution is -2.56. The number of piperidine rings is 1. The van der Waals surface area contributed by atoms with Crippen LogP contribution >= 0.6 is 15.9 Å². The fourth-order valence-electron chi connectivity index (χ4n) is 3.31. The van der Waals surface area contributed by atoms with Crippen LogP contribution in [0.5, 0.6) is 5.75 Å². The fourth-order valence-corrected chi connectivity index (χ4v) is 3.48. The average Bonchev–Trinajstić information content (AvgIpc) is 3.35. The van der Waals surface area contributed by atoms with Gasteiger partial charge in [-0.25, -0.2) is 4.39 Å². The molecule has 2 fully saturated rings. The topological polar surface area (TPSA) is 88.2 Å². The highest BCUT2D eigenvalue weighted by Gasteiger charge is 2.56. The number of ether oxygens (including phenoxy) is 2. The lowest BCUT2D eigenvalue weighted by Gasteiger charge is -2.34. The number of amides is 3. The van der Waals surface area contributed by atoms with Crippen LogP contribution in [0, 0.1) is 5.82 Å². The molecule has 3 atom stereocenters. The second-order valence-electron chi connectivity index (χ2n) is 6.03. The Balaban J connectivity index is 1.65. The predicted molar refractivity (Wildman–Crippen MR) is 85.6 cm³/mol. The van der Waals surface area contributed by atoms with Crippen LogP contribution in [-0.2, 0) is 14.3 Å². The summed E-state index contributed by atoms with van der Waals surface area (Å²) in [6.07, 6.45) is -0.603. The number of nitrogens with one attached hydrogen (secondary N) is 1. The van der Waals surface area contributed by atoms with Gasteiger partial charge in [-0.05, 0) is 18.6 Å². The maximum Gasteiger partial charge on any atom is 0.257 e. The molecule has 3 aliphatic rings. The van der Waals surface area contributed by atoms with E-state index < -0.39 is 36.0 Å². The summed E-state index contributed by atoms with van der Waals surface area (Å²) in [6.45, 7) is 0.293. The fraction of sp³-hybridized carbons (Fsp3) is 0.438. The number of imide groups is 1. The molecule has 2 saturated heterocycles. The van der Waals surface area contributed by atoms with Gasteiger partial charge in [0.15, 0.2) is 17.8 Å². The van der Waals surface area contributed by atoms with Crippen LogP contribution in [0.4, 0.5) is 4.39 Å². The van der Waals surface area contributed by atoms with Crippen LogP contribution in [0.15, 0.2) is 12.1 Å². The van der Waals surface area contributed by atoms with Crippen molar-refractivity contribution < 1.29 is 28.2 Å². The van der Waals surface area contributed by atoms with Crippen LogP contribution in [0.25, 0.3) is 0 Å². The maximum atomic E-state index is 14.2. The lowest BCUT2D eigenvalue weighted by molar-refractivity contribution is -0.137. The minimum absolute atomic E-state index is 0.0645. The minimum Gasteiger partial charge on any atom is -0.490 e. The quantitative estimate of drug-likeness (QED) is 0.456. The normalized spacial score (nSPS) is 27.5. The van der Waals surface area contributed by atoms with Crippen LogP contribution in [-0.4, -0.2) is 46.8 Å². The number of epoxide rings is 1. The molecule has 0 bridgehead atoms. The zero-order chi connectivity index (χ0) is 17.7. The number of alkyl halides is 1. The molecule has 1 N–H and O–H groups in total. The predicted octanol–water partition coefficient (Wildman–Crippen LogP) is 1.26. The van der Waals surface area contributed by atoms with Crippen LogP contribution in [0.2, 0.25) is 0 Å². The van der Waals surface area contributed by atoms with Crippen molar-refractivity contribution in [2.45, 2.75) is 31.2 Å². The van der Waals surface area contributed by atoms with Gasteiger partial charge in [0.2, 0.25) is 11.8 Å². The second kappa shape index (κ2) is 6.06. The first-order valence-electron chi connectivity index (χ1n) is 7.85. The van der Waals surface area contributed by atoms with Gasteiger partial charge in [-0.3, -0.25) is 24.6 Å². The van der Waals surface area contributed by atoms with Crippen LogP contribution in [0.1, 0.15) is 34.9 Å². The van der Waals surface area contributed by atoms with E-state index in [0.29, 0.717) is 17.5 Å². The molecule has 0 aliphatic carbocycles. The molecule has 132 valence electrons. The van der Waals surface area contributed by atoms with E-state index in [9.17, 15) is 18.8 Å². The SMILES string of the molecule is O=C1CCC(N2C(=O)c3cc(F)c(OCCBr)cc3C3OC32)C(=O)N1. The zero-order valence-corrected chi connectivity index (χ0v) is 14.5. The Kier molecular flexibility index (Phi) is 3.99. The van der Waals surface area contributed by atoms with Crippen molar-refractivity contribution in [3.8, 4) is 5.75 Å². The summed E-state index contributed by atoms with van der Waals surface area (Å²) in [7, 11) is 0. The molecule has 3 aliphatic heterocycles. The van der Waals surface area contributed by atoms with Gasteiger partial charge in [0.25, 0.3) is 5.91 Å². The molecule has 9 heteroatoms. The molecule has 0 aromatic heterocycles. The Morgan fingerprint density at radius 3 is 2.88 bits per heavy atom. The van der Waals surface area contributed by atoms with Gasteiger partial charge in [0.05, 0.1) is 6.61 Å². The Bertz CT molecular complexity index is 786. The zero-order valence-electron chi connectivity index (χ0n) is 13.0. The minimum atomic E-state index is -0.791. The second-order valence-corrected chi connectivity index (χ2v) is 6.83. The van der Waals surface area contributed by atoms with Crippen molar-refractivity contribution in [1.82, 2.24) is 10.2 Å². The Morgan fingerprint density at radius 1 is 1.36 bits per heavy atom. The number of rotatable bonds is 4. The summed E-state index contributed by atoms with van der Waals surface area (Å²) in [5, 5.41) is 2.78. The monoisotopic (exact) mass is 412 g/mol. The van der Waals surface area contributed by atoms with E-state index >= 15 is 0 Å². The van der Waals surface area contributed by atoms with Crippen molar-refractivity contribution in [3.05, 3.63) is 29.1 Å². The molecule has 4 rings (SSSR count). The Hall–Kier alpha value is -2.00. The first-order chi connectivity index (χ1) is 12.0. The molecular formula is C16H14BrFN2O5. The summed E-state index contributed by atoms with van der Waals surface area (Å²) in [6, 6.07) is 1.82. The third-order valence-electron chi connectivity index (χ3n) is 4.50. The summed E-state index contributed by atoms with van der Waals surface area (Å²) in [5.41, 5.74) is 0.719. The van der Waals surface area contributed by atoms with E-state index in [1.807, 2.05) is 0 Å². The van der Waals surface area contributed by atoms with E-state index in [2.05, 4.69) is 21.2 Å². The van der Waals surface area contributed by atoms with E-state index in [0.717, 1.165) is 6.07 Å². The van der Waals surface area contributed by atoms with Gasteiger partial charge in [-0.15, -0.1) is 0 Å². The maximum absolute atomic E-state index is 14.2. The van der Waals surface area contributed by atoms with Crippen molar-refractivity contribution in [1.29, 1.82) is 0 Å². The van der Waals surface area contributed by atoms with Gasteiger partial charge >= 0.3 is 0 Å². The Morgan fingerprint density at radius 2 is 2.16 bits per heavy atom. The standard InChI is InChI=1S/C16H14BrFN2O5/c17-3-4-24-11-6-7-8(5-9(11)18)15(23)20(16-13(7)25-16)10-1-2-12(21)19-14(10)22/h5-6,10,13,16H,1-4H2,(H,19,21,22). The summed E-state index contributed by atoms with van der Waals surface area (Å²) in [5.74, 6) is -1.95. The van der Waals surface area contributed by atoms with Gasteiger partial charge in [0.1, 0.15) is 12.1 Å². The number of fused-ring (bicyclic) bond motifs is 3. The molecule has 25 heavy (non-hydrogen) atoms. The number of benzene rings is 1. The summed E-state index contributed by atoms with van der Waals surface area (Å²) < 4.78 is 25.1. The molecule has 1 aromatic rings. The van der Waals surface area contributed by atoms with Crippen molar-refractivity contribution in [3.63, 3.8) is 0 Å². The molecule has 3 heterocycles. The third kappa shape index (κ3) is 2.71. The van der Waals surface area contributed by atoms with E-state index in [1.165, 1.54) is 11.0 Å². The first kappa shape index (κ1) is 16.5. The van der Waals surface area contributed by atoms with Gasteiger partial charge < -0.3 is 9.47 Å². The third-order valence-corrected chi connectivity index (χ3v) is 4.82. The van der Waals surface area contributed by atoms with Crippen LogP contribution < -0.4 is 10.1 Å². The molecule has 7 nitrogen and oxygen atoms in total. The van der Waals surface area contributed by atoms with Crippen molar-refractivity contribution in [2.24, 2.45) is 0 Å². The van der Waals surface area contributed by atoms with Crippen LogP contribution in [0.3, 0.4) is 0 Å². The van der Waals surface area contributed by atoms with Crippen molar-refractivity contribution >= 4 is 33.7 Å². The highest BCUT2D eigenvalue weighted by atomic mass is 79.9. The number of hydrogen-bond acceptors (Lipinski definition) is 5. The molecule has 0 radical (unpaired) electrons.